The zero-order valence-electron chi connectivity index (χ0n) is 11.5. The summed E-state index contributed by atoms with van der Waals surface area (Å²) in [5.74, 6) is -1.20. The maximum atomic E-state index is 11.9. The molecule has 23 heavy (non-hydrogen) atoms. The van der Waals surface area contributed by atoms with Crippen LogP contribution in [0.5, 0.6) is 0 Å². The number of nitrogens with zero attached hydrogens (tertiary/aromatic N) is 1. The third-order valence-electron chi connectivity index (χ3n) is 2.86. The number of ether oxygens (including phenoxy) is 1. The fraction of sp³-hybridized carbons (Fsp3) is 0.0667. The van der Waals surface area contributed by atoms with Crippen molar-refractivity contribution in [2.75, 3.05) is 6.61 Å². The number of benzene rings is 2. The maximum absolute atomic E-state index is 11.9. The van der Waals surface area contributed by atoms with Crippen LogP contribution in [0.15, 0.2) is 46.9 Å². The zero-order valence-corrected chi connectivity index (χ0v) is 13.8. The van der Waals surface area contributed by atoms with E-state index in [9.17, 15) is 19.7 Å². The van der Waals surface area contributed by atoms with Crippen molar-refractivity contribution in [3.05, 3.63) is 73.2 Å². The minimum Gasteiger partial charge on any atom is -0.454 e. The molecule has 0 N–H and O–H groups in total. The lowest BCUT2D eigenvalue weighted by molar-refractivity contribution is -0.384. The maximum Gasteiger partial charge on any atom is 0.340 e. The zero-order chi connectivity index (χ0) is 17.0. The monoisotopic (exact) mass is 397 g/mol. The van der Waals surface area contributed by atoms with Gasteiger partial charge in [-0.3, -0.25) is 14.9 Å². The standard InChI is InChI=1S/C15H9BrClNO5/c16-10-3-1-2-9(6-10)14(19)8-23-15(20)12-5-4-11(18(21)22)7-13(12)17/h1-7H,8H2. The Bertz CT molecular complexity index is 793. The number of Topliss-reactive ketones (excluding diaryl/α,β-unsaturated/α-hetero) is 1. The van der Waals surface area contributed by atoms with Crippen LogP contribution in [0.4, 0.5) is 5.69 Å². The van der Waals surface area contributed by atoms with E-state index in [1.807, 2.05) is 0 Å². The summed E-state index contributed by atoms with van der Waals surface area (Å²) < 4.78 is 5.64. The molecule has 6 nitrogen and oxygen atoms in total. The quantitative estimate of drug-likeness (QED) is 0.328. The van der Waals surface area contributed by atoms with E-state index in [1.54, 1.807) is 24.3 Å². The Kier molecular flexibility index (Phi) is 5.46. The van der Waals surface area contributed by atoms with Crippen molar-refractivity contribution >= 4 is 45.0 Å². The van der Waals surface area contributed by atoms with Gasteiger partial charge in [0, 0.05) is 22.2 Å². The summed E-state index contributed by atoms with van der Waals surface area (Å²) >= 11 is 9.07. The number of nitro benzene ring substituents is 1. The predicted octanol–water partition coefficient (Wildman–Crippen LogP) is 4.05. The molecule has 0 aliphatic carbocycles. The Morgan fingerprint density at radius 1 is 1.22 bits per heavy atom. The van der Waals surface area contributed by atoms with Gasteiger partial charge in [-0.2, -0.15) is 0 Å². The second kappa shape index (κ2) is 7.34. The molecule has 0 atom stereocenters. The molecule has 0 amide bonds. The van der Waals surface area contributed by atoms with Gasteiger partial charge in [-0.05, 0) is 18.2 Å². The molecule has 0 saturated carbocycles. The van der Waals surface area contributed by atoms with Gasteiger partial charge in [-0.25, -0.2) is 4.79 Å². The van der Waals surface area contributed by atoms with Crippen LogP contribution in [0.1, 0.15) is 20.7 Å². The number of hydrogen-bond donors (Lipinski definition) is 0. The summed E-state index contributed by atoms with van der Waals surface area (Å²) in [5, 5.41) is 10.5. The lowest BCUT2D eigenvalue weighted by Crippen LogP contribution is -2.14. The van der Waals surface area contributed by atoms with Gasteiger partial charge < -0.3 is 4.74 Å². The van der Waals surface area contributed by atoms with E-state index in [1.165, 1.54) is 6.07 Å². The molecule has 0 aliphatic heterocycles. The molecule has 0 heterocycles. The first-order valence-corrected chi connectivity index (χ1v) is 7.45. The highest BCUT2D eigenvalue weighted by atomic mass is 79.9. The highest BCUT2D eigenvalue weighted by molar-refractivity contribution is 9.10. The molecule has 0 unspecified atom stereocenters. The van der Waals surface area contributed by atoms with Crippen LogP contribution in [-0.4, -0.2) is 23.3 Å². The topological polar surface area (TPSA) is 86.5 Å². The number of nitro groups is 1. The van der Waals surface area contributed by atoms with E-state index in [-0.39, 0.29) is 22.1 Å². The van der Waals surface area contributed by atoms with Crippen molar-refractivity contribution in [3.63, 3.8) is 0 Å². The van der Waals surface area contributed by atoms with Crippen molar-refractivity contribution < 1.29 is 19.2 Å². The number of ketones is 1. The predicted molar refractivity (Wildman–Crippen MR) is 86.9 cm³/mol. The number of esters is 1. The van der Waals surface area contributed by atoms with Gasteiger partial charge in [-0.1, -0.05) is 39.7 Å². The normalized spacial score (nSPS) is 10.2. The summed E-state index contributed by atoms with van der Waals surface area (Å²) in [5.41, 5.74) is 0.109. The Labute approximate surface area is 144 Å². The molecule has 0 aromatic heterocycles. The fourth-order valence-corrected chi connectivity index (χ4v) is 2.39. The first kappa shape index (κ1) is 17.1. The number of hydrogen-bond acceptors (Lipinski definition) is 5. The van der Waals surface area contributed by atoms with E-state index in [0.29, 0.717) is 5.56 Å². The molecule has 118 valence electrons. The highest BCUT2D eigenvalue weighted by Crippen LogP contribution is 2.23. The molecule has 0 saturated heterocycles. The SMILES string of the molecule is O=C(COC(=O)c1ccc([N+](=O)[O-])cc1Cl)c1cccc(Br)c1. The molecular formula is C15H9BrClNO5. The molecule has 2 aromatic carbocycles. The summed E-state index contributed by atoms with van der Waals surface area (Å²) in [6.07, 6.45) is 0. The lowest BCUT2D eigenvalue weighted by atomic mass is 10.1. The van der Waals surface area contributed by atoms with Crippen LogP contribution in [0.3, 0.4) is 0 Å². The number of non-ortho nitro benzene ring substituents is 1. The van der Waals surface area contributed by atoms with E-state index < -0.39 is 17.5 Å². The van der Waals surface area contributed by atoms with Crippen LogP contribution in [-0.2, 0) is 4.74 Å². The van der Waals surface area contributed by atoms with Gasteiger partial charge >= 0.3 is 5.97 Å². The van der Waals surface area contributed by atoms with Gasteiger partial charge in [0.15, 0.2) is 12.4 Å². The smallest absolute Gasteiger partial charge is 0.340 e. The molecule has 0 fully saturated rings. The summed E-state index contributed by atoms with van der Waals surface area (Å²) in [4.78, 5) is 33.8. The average Bonchev–Trinajstić information content (AvgIpc) is 2.52. The number of halogens is 2. The Hall–Kier alpha value is -2.25. The third-order valence-corrected chi connectivity index (χ3v) is 3.67. The van der Waals surface area contributed by atoms with E-state index in [2.05, 4.69) is 15.9 Å². The first-order chi connectivity index (χ1) is 10.9. The molecule has 0 spiro atoms. The van der Waals surface area contributed by atoms with Crippen molar-refractivity contribution in [1.29, 1.82) is 0 Å². The average molecular weight is 399 g/mol. The number of rotatable bonds is 5. The molecule has 0 bridgehead atoms. The van der Waals surface area contributed by atoms with Crippen molar-refractivity contribution in [3.8, 4) is 0 Å². The Morgan fingerprint density at radius 2 is 1.96 bits per heavy atom. The largest absolute Gasteiger partial charge is 0.454 e. The molecule has 8 heteroatoms. The summed E-state index contributed by atoms with van der Waals surface area (Å²) in [6.45, 7) is -0.456. The summed E-state index contributed by atoms with van der Waals surface area (Å²) in [6, 6.07) is 10.0. The van der Waals surface area contributed by atoms with Crippen LogP contribution >= 0.6 is 27.5 Å². The van der Waals surface area contributed by atoms with Gasteiger partial charge in [-0.15, -0.1) is 0 Å². The molecule has 0 radical (unpaired) electrons. The molecular weight excluding hydrogens is 390 g/mol. The minimum absolute atomic E-state index is 0.0423. The number of carbonyl (C=O) groups excluding carboxylic acids is 2. The van der Waals surface area contributed by atoms with Crippen LogP contribution in [0.25, 0.3) is 0 Å². The highest BCUT2D eigenvalue weighted by Gasteiger charge is 2.17. The molecule has 2 aromatic rings. The van der Waals surface area contributed by atoms with Gasteiger partial charge in [0.2, 0.25) is 0 Å². The summed E-state index contributed by atoms with van der Waals surface area (Å²) in [7, 11) is 0. The Balaban J connectivity index is 2.05. The lowest BCUT2D eigenvalue weighted by Gasteiger charge is -2.06. The van der Waals surface area contributed by atoms with Crippen LogP contribution < -0.4 is 0 Å². The van der Waals surface area contributed by atoms with Crippen molar-refractivity contribution in [2.45, 2.75) is 0 Å². The van der Waals surface area contributed by atoms with Gasteiger partial charge in [0.1, 0.15) is 0 Å². The van der Waals surface area contributed by atoms with Gasteiger partial charge in [0.25, 0.3) is 5.69 Å². The third kappa shape index (κ3) is 4.37. The molecule has 0 aliphatic rings. The minimum atomic E-state index is -0.826. The van der Waals surface area contributed by atoms with Crippen molar-refractivity contribution in [2.24, 2.45) is 0 Å². The molecule has 2 rings (SSSR count). The van der Waals surface area contributed by atoms with E-state index >= 15 is 0 Å². The first-order valence-electron chi connectivity index (χ1n) is 6.28. The van der Waals surface area contributed by atoms with Crippen LogP contribution in [0.2, 0.25) is 5.02 Å². The van der Waals surface area contributed by atoms with Crippen molar-refractivity contribution in [1.82, 2.24) is 0 Å². The van der Waals surface area contributed by atoms with E-state index in [4.69, 9.17) is 16.3 Å². The van der Waals surface area contributed by atoms with Crippen LogP contribution in [0, 0.1) is 10.1 Å². The number of carbonyl (C=O) groups is 2. The van der Waals surface area contributed by atoms with E-state index in [0.717, 1.165) is 16.6 Å². The second-order valence-electron chi connectivity index (χ2n) is 4.43. The van der Waals surface area contributed by atoms with Gasteiger partial charge in [0.05, 0.1) is 15.5 Å². The fourth-order valence-electron chi connectivity index (χ4n) is 1.74. The second-order valence-corrected chi connectivity index (χ2v) is 5.75. The Morgan fingerprint density at radius 3 is 2.57 bits per heavy atom.